The summed E-state index contributed by atoms with van der Waals surface area (Å²) in [5, 5.41) is 11.2. The van der Waals surface area contributed by atoms with Crippen LogP contribution in [0.5, 0.6) is 0 Å². The van der Waals surface area contributed by atoms with E-state index in [2.05, 4.69) is 5.32 Å². The fourth-order valence-electron chi connectivity index (χ4n) is 3.19. The maximum atomic E-state index is 12.7. The van der Waals surface area contributed by atoms with Crippen LogP contribution in [0, 0.1) is 6.92 Å². The topological polar surface area (TPSA) is 130 Å². The summed E-state index contributed by atoms with van der Waals surface area (Å²) < 4.78 is 10.9. The third-order valence-electron chi connectivity index (χ3n) is 4.73. The number of benzene rings is 1. The maximum Gasteiger partial charge on any atom is 0.335 e. The number of imide groups is 2. The lowest BCUT2D eigenvalue weighted by Crippen LogP contribution is -2.53. The first-order chi connectivity index (χ1) is 14.8. The molecule has 0 aliphatic carbocycles. The molecule has 156 valence electrons. The van der Waals surface area contributed by atoms with Gasteiger partial charge in [-0.05, 0) is 55.0 Å². The van der Waals surface area contributed by atoms with Gasteiger partial charge in [-0.15, -0.1) is 0 Å². The molecular formula is C22H16N2O7. The van der Waals surface area contributed by atoms with Crippen LogP contribution in [0.25, 0.3) is 17.4 Å². The molecule has 1 fully saturated rings. The molecular weight excluding hydrogens is 404 g/mol. The Labute approximate surface area is 175 Å². The number of hydrogen-bond donors (Lipinski definition) is 2. The van der Waals surface area contributed by atoms with E-state index in [1.165, 1.54) is 24.5 Å². The van der Waals surface area contributed by atoms with Crippen LogP contribution in [-0.2, 0) is 16.1 Å². The molecule has 0 saturated carbocycles. The van der Waals surface area contributed by atoms with Gasteiger partial charge in [-0.25, -0.2) is 9.59 Å². The Bertz CT molecular complexity index is 1230. The molecule has 1 aliphatic rings. The van der Waals surface area contributed by atoms with Crippen molar-refractivity contribution in [2.75, 3.05) is 0 Å². The smallest absolute Gasteiger partial charge is 0.335 e. The van der Waals surface area contributed by atoms with Crippen molar-refractivity contribution in [1.82, 2.24) is 10.2 Å². The molecule has 3 aromatic rings. The van der Waals surface area contributed by atoms with Crippen molar-refractivity contribution in [3.05, 3.63) is 76.9 Å². The predicted octanol–water partition coefficient (Wildman–Crippen LogP) is 3.21. The highest BCUT2D eigenvalue weighted by Crippen LogP contribution is 2.28. The number of carbonyl (C=O) groups excluding carboxylic acids is 3. The largest absolute Gasteiger partial charge is 0.478 e. The summed E-state index contributed by atoms with van der Waals surface area (Å²) in [6, 6.07) is 10.2. The van der Waals surface area contributed by atoms with Gasteiger partial charge in [0.25, 0.3) is 11.8 Å². The Morgan fingerprint density at radius 1 is 1.16 bits per heavy atom. The Balaban J connectivity index is 1.61. The van der Waals surface area contributed by atoms with Crippen LogP contribution in [-0.4, -0.2) is 33.8 Å². The average Bonchev–Trinajstić information content (AvgIpc) is 3.40. The van der Waals surface area contributed by atoms with E-state index in [0.29, 0.717) is 22.6 Å². The SMILES string of the molecule is Cc1cc(C(=O)O)ccc1-c1ccc(/C=C2\C(=O)NC(=O)N(Cc3ccco3)C2=O)o1. The van der Waals surface area contributed by atoms with E-state index >= 15 is 0 Å². The summed E-state index contributed by atoms with van der Waals surface area (Å²) >= 11 is 0. The molecule has 0 unspecified atom stereocenters. The van der Waals surface area contributed by atoms with Crippen LogP contribution in [0.4, 0.5) is 4.79 Å². The van der Waals surface area contributed by atoms with Crippen molar-refractivity contribution in [3.8, 4) is 11.3 Å². The number of nitrogens with one attached hydrogen (secondary N) is 1. The number of hydrogen-bond acceptors (Lipinski definition) is 6. The van der Waals surface area contributed by atoms with Crippen LogP contribution in [0.3, 0.4) is 0 Å². The third-order valence-corrected chi connectivity index (χ3v) is 4.73. The summed E-state index contributed by atoms with van der Waals surface area (Å²) in [4.78, 5) is 49.0. The number of furan rings is 2. The molecule has 4 amide bonds. The highest BCUT2D eigenvalue weighted by Gasteiger charge is 2.36. The normalized spacial score (nSPS) is 15.5. The molecule has 2 N–H and O–H groups in total. The van der Waals surface area contributed by atoms with Crippen molar-refractivity contribution in [3.63, 3.8) is 0 Å². The molecule has 0 bridgehead atoms. The lowest BCUT2D eigenvalue weighted by atomic mass is 10.0. The zero-order valence-corrected chi connectivity index (χ0v) is 16.2. The minimum Gasteiger partial charge on any atom is -0.478 e. The van der Waals surface area contributed by atoms with Crippen LogP contribution >= 0.6 is 0 Å². The molecule has 2 aromatic heterocycles. The lowest BCUT2D eigenvalue weighted by molar-refractivity contribution is -0.130. The van der Waals surface area contributed by atoms with E-state index in [-0.39, 0.29) is 23.4 Å². The number of carbonyl (C=O) groups is 4. The van der Waals surface area contributed by atoms with E-state index in [1.54, 1.807) is 37.3 Å². The van der Waals surface area contributed by atoms with Gasteiger partial charge >= 0.3 is 12.0 Å². The zero-order valence-electron chi connectivity index (χ0n) is 16.2. The van der Waals surface area contributed by atoms with E-state index in [1.807, 2.05) is 0 Å². The third kappa shape index (κ3) is 3.88. The second-order valence-corrected chi connectivity index (χ2v) is 6.82. The van der Waals surface area contributed by atoms with Gasteiger partial charge in [0.2, 0.25) is 0 Å². The first-order valence-corrected chi connectivity index (χ1v) is 9.19. The van der Waals surface area contributed by atoms with Gasteiger partial charge in [-0.3, -0.25) is 19.8 Å². The Kier molecular flexibility index (Phi) is 5.00. The first-order valence-electron chi connectivity index (χ1n) is 9.19. The summed E-state index contributed by atoms with van der Waals surface area (Å²) in [7, 11) is 0. The summed E-state index contributed by atoms with van der Waals surface area (Å²) in [5.74, 6) is -1.58. The number of rotatable bonds is 5. The molecule has 31 heavy (non-hydrogen) atoms. The van der Waals surface area contributed by atoms with Gasteiger partial charge < -0.3 is 13.9 Å². The fraction of sp³-hybridized carbons (Fsp3) is 0.0909. The van der Waals surface area contributed by atoms with Gasteiger partial charge in [0.1, 0.15) is 22.9 Å². The van der Waals surface area contributed by atoms with Crippen molar-refractivity contribution in [2.45, 2.75) is 13.5 Å². The Hall–Kier alpha value is -4.40. The van der Waals surface area contributed by atoms with Crippen molar-refractivity contribution < 1.29 is 33.1 Å². The number of carboxylic acid groups (broad SMARTS) is 1. The number of urea groups is 1. The highest BCUT2D eigenvalue weighted by atomic mass is 16.4. The molecule has 9 nitrogen and oxygen atoms in total. The van der Waals surface area contributed by atoms with Crippen molar-refractivity contribution >= 4 is 29.9 Å². The standard InChI is InChI=1S/C22H16N2O7/c1-12-9-13(21(27)28)4-6-16(12)18-7-5-14(31-18)10-17-19(25)23-22(29)24(20(17)26)11-15-3-2-8-30-15/h2-10H,11H2,1H3,(H,27,28)(H,23,25,29)/b17-10+. The van der Waals surface area contributed by atoms with Crippen LogP contribution in [0.15, 0.2) is 63.1 Å². The molecule has 1 aliphatic heterocycles. The average molecular weight is 420 g/mol. The van der Waals surface area contributed by atoms with E-state index in [0.717, 1.165) is 4.90 Å². The summed E-state index contributed by atoms with van der Waals surface area (Å²) in [6.45, 7) is 1.62. The molecule has 3 heterocycles. The number of aromatic carboxylic acids is 1. The van der Waals surface area contributed by atoms with Crippen molar-refractivity contribution in [1.29, 1.82) is 0 Å². The molecule has 0 spiro atoms. The van der Waals surface area contributed by atoms with E-state index in [9.17, 15) is 19.2 Å². The number of barbiturate groups is 1. The quantitative estimate of drug-likeness (QED) is 0.479. The molecule has 9 heteroatoms. The zero-order chi connectivity index (χ0) is 22.1. The van der Waals surface area contributed by atoms with Crippen LogP contribution in [0.2, 0.25) is 0 Å². The first kappa shape index (κ1) is 19.9. The fourth-order valence-corrected chi connectivity index (χ4v) is 3.19. The minimum absolute atomic E-state index is 0.124. The lowest BCUT2D eigenvalue weighted by Gasteiger charge is -2.25. The van der Waals surface area contributed by atoms with Crippen LogP contribution < -0.4 is 5.32 Å². The van der Waals surface area contributed by atoms with Gasteiger partial charge in [0.15, 0.2) is 0 Å². The second-order valence-electron chi connectivity index (χ2n) is 6.82. The monoisotopic (exact) mass is 420 g/mol. The predicted molar refractivity (Wildman–Crippen MR) is 107 cm³/mol. The Morgan fingerprint density at radius 2 is 1.97 bits per heavy atom. The number of carboxylic acids is 1. The van der Waals surface area contributed by atoms with Gasteiger partial charge in [0, 0.05) is 5.56 Å². The van der Waals surface area contributed by atoms with E-state index < -0.39 is 23.8 Å². The van der Waals surface area contributed by atoms with Gasteiger partial charge in [-0.1, -0.05) is 6.07 Å². The second kappa shape index (κ2) is 7.79. The highest BCUT2D eigenvalue weighted by molar-refractivity contribution is 6.30. The molecule has 1 saturated heterocycles. The molecule has 1 aromatic carbocycles. The summed E-state index contributed by atoms with van der Waals surface area (Å²) in [6.07, 6.45) is 2.67. The number of amides is 4. The van der Waals surface area contributed by atoms with Gasteiger partial charge in [0.05, 0.1) is 18.4 Å². The van der Waals surface area contributed by atoms with Crippen molar-refractivity contribution in [2.24, 2.45) is 0 Å². The van der Waals surface area contributed by atoms with Gasteiger partial charge in [-0.2, -0.15) is 0 Å². The Morgan fingerprint density at radius 3 is 2.65 bits per heavy atom. The molecule has 0 atom stereocenters. The number of nitrogens with zero attached hydrogens (tertiary/aromatic N) is 1. The molecule has 0 radical (unpaired) electrons. The van der Waals surface area contributed by atoms with E-state index in [4.69, 9.17) is 13.9 Å². The number of aryl methyl sites for hydroxylation is 1. The van der Waals surface area contributed by atoms with Crippen LogP contribution in [0.1, 0.15) is 27.4 Å². The molecule has 4 rings (SSSR count). The minimum atomic E-state index is -1.03. The summed E-state index contributed by atoms with van der Waals surface area (Å²) in [5.41, 5.74) is 1.25. The maximum absolute atomic E-state index is 12.7.